The van der Waals surface area contributed by atoms with Crippen LogP contribution in [-0.4, -0.2) is 39.4 Å². The van der Waals surface area contributed by atoms with Gasteiger partial charge in [0.15, 0.2) is 0 Å². The van der Waals surface area contributed by atoms with Crippen LogP contribution in [0.4, 0.5) is 4.79 Å². The molecule has 0 aromatic carbocycles. The highest BCUT2D eigenvalue weighted by atomic mass is 16.4. The van der Waals surface area contributed by atoms with Crippen LogP contribution >= 0.6 is 0 Å². The quantitative estimate of drug-likeness (QED) is 0.614. The van der Waals surface area contributed by atoms with E-state index in [4.69, 9.17) is 4.42 Å². The van der Waals surface area contributed by atoms with Crippen molar-refractivity contribution in [3.05, 3.63) is 46.0 Å². The second kappa shape index (κ2) is 7.72. The van der Waals surface area contributed by atoms with E-state index in [0.717, 1.165) is 56.9 Å². The van der Waals surface area contributed by atoms with Crippen LogP contribution in [0.15, 0.2) is 39.3 Å². The molecule has 5 rings (SSSR count). The monoisotopic (exact) mass is 455 g/mol. The molecule has 3 fully saturated rings. The number of amides is 1. The lowest BCUT2D eigenvalue weighted by molar-refractivity contribution is -0.177. The molecule has 0 aliphatic heterocycles. The van der Waals surface area contributed by atoms with E-state index in [1.54, 1.807) is 11.2 Å². The number of carboxylic acid groups (broad SMARTS) is 1. The summed E-state index contributed by atoms with van der Waals surface area (Å²) in [6, 6.07) is 3.34. The molecule has 4 aliphatic carbocycles. The number of allylic oxidation sites excluding steroid dienone is 1. The summed E-state index contributed by atoms with van der Waals surface area (Å²) in [5.41, 5.74) is 1.19. The number of fused-ring (bicyclic) bond motifs is 5. The summed E-state index contributed by atoms with van der Waals surface area (Å²) in [5.74, 6) is 0.864. The minimum absolute atomic E-state index is 0.0337. The first-order chi connectivity index (χ1) is 15.6. The van der Waals surface area contributed by atoms with Crippen LogP contribution in [-0.2, 0) is 0 Å². The first-order valence-electron chi connectivity index (χ1n) is 12.7. The maximum absolute atomic E-state index is 12.3. The Hall–Kier alpha value is -2.08. The molecule has 0 spiro atoms. The Kier molecular flexibility index (Phi) is 5.31. The minimum atomic E-state index is -0.840. The van der Waals surface area contributed by atoms with E-state index in [1.165, 1.54) is 11.6 Å². The summed E-state index contributed by atoms with van der Waals surface area (Å²) in [7, 11) is 0. The molecule has 7 atom stereocenters. The predicted molar refractivity (Wildman–Crippen MR) is 125 cm³/mol. The molecule has 180 valence electrons. The van der Waals surface area contributed by atoms with Crippen molar-refractivity contribution in [1.82, 2.24) is 4.90 Å². The van der Waals surface area contributed by atoms with Gasteiger partial charge in [-0.15, -0.1) is 0 Å². The van der Waals surface area contributed by atoms with Crippen molar-refractivity contribution in [3.8, 4) is 0 Å². The average Bonchev–Trinajstić information content (AvgIpc) is 3.06. The number of aliphatic hydroxyl groups is 1. The zero-order chi connectivity index (χ0) is 23.6. The normalized spacial score (nSPS) is 42.0. The number of hydrogen-bond donors (Lipinski definition) is 2. The maximum Gasteiger partial charge on any atom is 0.407 e. The van der Waals surface area contributed by atoms with Gasteiger partial charge in [0.25, 0.3) is 0 Å². The number of rotatable bonds is 3. The van der Waals surface area contributed by atoms with Gasteiger partial charge in [0.05, 0.1) is 17.9 Å². The highest BCUT2D eigenvalue weighted by Crippen LogP contribution is 2.70. The molecule has 0 radical (unpaired) electrons. The van der Waals surface area contributed by atoms with Gasteiger partial charge in [-0.2, -0.15) is 0 Å². The first-order valence-corrected chi connectivity index (χ1v) is 12.7. The second-order valence-electron chi connectivity index (χ2n) is 11.4. The molecular weight excluding hydrogens is 418 g/mol. The van der Waals surface area contributed by atoms with Gasteiger partial charge < -0.3 is 19.5 Å². The van der Waals surface area contributed by atoms with Crippen molar-refractivity contribution in [2.75, 3.05) is 6.54 Å². The Morgan fingerprint density at radius 3 is 2.58 bits per heavy atom. The molecule has 3 saturated carbocycles. The topological polar surface area (TPSA) is 91.0 Å². The lowest BCUT2D eigenvalue weighted by atomic mass is 9.45. The fraction of sp³-hybridized carbons (Fsp3) is 0.704. The fourth-order valence-electron chi connectivity index (χ4n) is 8.54. The molecular formula is C27H37NO5. The van der Waals surface area contributed by atoms with E-state index in [2.05, 4.69) is 19.9 Å². The van der Waals surface area contributed by atoms with Crippen LogP contribution in [0.25, 0.3) is 0 Å². The molecule has 33 heavy (non-hydrogen) atoms. The predicted octanol–water partition coefficient (Wildman–Crippen LogP) is 5.17. The lowest BCUT2D eigenvalue weighted by Crippen LogP contribution is -2.60. The third-order valence-corrected chi connectivity index (χ3v) is 10.4. The Labute approximate surface area is 195 Å². The van der Waals surface area contributed by atoms with Crippen molar-refractivity contribution in [1.29, 1.82) is 0 Å². The average molecular weight is 456 g/mol. The van der Waals surface area contributed by atoms with Gasteiger partial charge in [0.2, 0.25) is 0 Å². The Bertz CT molecular complexity index is 1010. The number of hydrogen-bond acceptors (Lipinski definition) is 4. The second-order valence-corrected chi connectivity index (χ2v) is 11.4. The third-order valence-electron chi connectivity index (χ3n) is 10.4. The standard InChI is InChI=1S/C27H37NO5/c1-4-28(24(30)31)19-9-12-25(2)18(15-19)6-7-22-21(25)10-13-26(3)20(11-14-27(22,26)32)17-5-8-23(29)33-16-17/h5,8,15-16,19-22,32H,4,6-7,9-14H2,1-3H3,(H,30,31)/t19-,20+,21-,22+,25-,26+,27-/m0/s1. The fourth-order valence-corrected chi connectivity index (χ4v) is 8.54. The number of likely N-dealkylation sites (N-methyl/N-ethyl adjacent to an activating group) is 1. The third kappa shape index (κ3) is 3.16. The summed E-state index contributed by atoms with van der Waals surface area (Å²) in [5, 5.41) is 21.9. The van der Waals surface area contributed by atoms with Gasteiger partial charge in [0.1, 0.15) is 0 Å². The molecule has 1 heterocycles. The van der Waals surface area contributed by atoms with E-state index >= 15 is 0 Å². The summed E-state index contributed by atoms with van der Waals surface area (Å²) < 4.78 is 5.19. The van der Waals surface area contributed by atoms with E-state index in [9.17, 15) is 19.8 Å². The largest absolute Gasteiger partial charge is 0.465 e. The van der Waals surface area contributed by atoms with Gasteiger partial charge in [-0.05, 0) is 93.1 Å². The van der Waals surface area contributed by atoms with E-state index in [0.29, 0.717) is 12.5 Å². The van der Waals surface area contributed by atoms with Crippen LogP contribution in [0.5, 0.6) is 0 Å². The Morgan fingerprint density at radius 1 is 1.12 bits per heavy atom. The van der Waals surface area contributed by atoms with Gasteiger partial charge in [-0.1, -0.05) is 25.5 Å². The van der Waals surface area contributed by atoms with E-state index < -0.39 is 11.7 Å². The number of nitrogens with zero attached hydrogens (tertiary/aromatic N) is 1. The van der Waals surface area contributed by atoms with Gasteiger partial charge >= 0.3 is 11.7 Å². The van der Waals surface area contributed by atoms with Crippen molar-refractivity contribution in [2.24, 2.45) is 22.7 Å². The molecule has 0 unspecified atom stereocenters. The molecule has 0 bridgehead atoms. The molecule has 2 N–H and O–H groups in total. The minimum Gasteiger partial charge on any atom is -0.465 e. The summed E-state index contributed by atoms with van der Waals surface area (Å²) in [6.07, 6.45) is 10.5. The van der Waals surface area contributed by atoms with Crippen LogP contribution < -0.4 is 5.63 Å². The zero-order valence-electron chi connectivity index (χ0n) is 20.0. The molecule has 6 heteroatoms. The molecule has 6 nitrogen and oxygen atoms in total. The molecule has 1 amide bonds. The van der Waals surface area contributed by atoms with Crippen molar-refractivity contribution in [2.45, 2.75) is 89.7 Å². The van der Waals surface area contributed by atoms with Crippen LogP contribution in [0.2, 0.25) is 0 Å². The zero-order valence-corrected chi connectivity index (χ0v) is 20.0. The first kappa shape index (κ1) is 22.7. The van der Waals surface area contributed by atoms with Gasteiger partial charge in [-0.25, -0.2) is 9.59 Å². The highest BCUT2D eigenvalue weighted by Gasteiger charge is 2.66. The van der Waals surface area contributed by atoms with E-state index in [1.807, 2.05) is 13.0 Å². The van der Waals surface area contributed by atoms with Crippen molar-refractivity contribution < 1.29 is 19.4 Å². The molecule has 1 aromatic rings. The number of carbonyl (C=O) groups is 1. The lowest BCUT2D eigenvalue weighted by Gasteiger charge is -2.62. The SMILES string of the molecule is CCN(C(=O)O)[C@@H]1C=C2CC[C@@H]3[C@H](CC[C@]4(C)[C@@H](c5ccc(=O)oc5)CC[C@]34O)[C@@]2(C)CC1. The Balaban J connectivity index is 1.45. The smallest absolute Gasteiger partial charge is 0.407 e. The summed E-state index contributed by atoms with van der Waals surface area (Å²) in [6.45, 7) is 7.03. The maximum atomic E-state index is 12.3. The summed E-state index contributed by atoms with van der Waals surface area (Å²) in [4.78, 5) is 24.7. The van der Waals surface area contributed by atoms with Crippen molar-refractivity contribution in [3.63, 3.8) is 0 Å². The van der Waals surface area contributed by atoms with Crippen LogP contribution in [0.3, 0.4) is 0 Å². The van der Waals surface area contributed by atoms with Gasteiger partial charge in [-0.3, -0.25) is 0 Å². The summed E-state index contributed by atoms with van der Waals surface area (Å²) >= 11 is 0. The van der Waals surface area contributed by atoms with Crippen molar-refractivity contribution >= 4 is 6.09 Å². The molecule has 1 aromatic heterocycles. The van der Waals surface area contributed by atoms with Crippen LogP contribution in [0.1, 0.15) is 83.6 Å². The van der Waals surface area contributed by atoms with Crippen LogP contribution in [0, 0.1) is 22.7 Å². The molecule has 0 saturated heterocycles. The van der Waals surface area contributed by atoms with Gasteiger partial charge in [0, 0.05) is 18.0 Å². The molecule has 4 aliphatic rings. The Morgan fingerprint density at radius 2 is 1.91 bits per heavy atom. The highest BCUT2D eigenvalue weighted by molar-refractivity contribution is 5.65. The van der Waals surface area contributed by atoms with E-state index in [-0.39, 0.29) is 34.3 Å².